The lowest BCUT2D eigenvalue weighted by molar-refractivity contribution is -0.184. The van der Waals surface area contributed by atoms with Crippen molar-refractivity contribution >= 4 is 23.4 Å². The van der Waals surface area contributed by atoms with E-state index in [1.807, 2.05) is 7.05 Å². The van der Waals surface area contributed by atoms with Crippen LogP contribution < -0.4 is 10.6 Å². The monoisotopic (exact) mass is 528 g/mol. The lowest BCUT2D eigenvalue weighted by Gasteiger charge is -2.34. The standard InChI is InChI=1S/C26H36F4N4O3/c1-3-23(35)32-22(25(37)34-12-10-33(2)11-13-34)15-18-6-9-21(20(27)14-18)31-24(36)16-17-4-7-19(8-5-17)26(28,29)30/h6,9,14,17,19,22H,3-5,7-8,10-13,15-16H2,1-2H3,(H,31,36)(H,32,35)/t17-,19-,22-/m1/s1. The molecule has 1 heterocycles. The van der Waals surface area contributed by atoms with Gasteiger partial charge in [0, 0.05) is 45.4 Å². The summed E-state index contributed by atoms with van der Waals surface area (Å²) in [6, 6.07) is 3.40. The number of benzene rings is 1. The van der Waals surface area contributed by atoms with E-state index >= 15 is 0 Å². The van der Waals surface area contributed by atoms with E-state index in [4.69, 9.17) is 0 Å². The molecule has 2 aliphatic rings. The maximum absolute atomic E-state index is 14.8. The average molecular weight is 529 g/mol. The van der Waals surface area contributed by atoms with E-state index in [9.17, 15) is 31.9 Å². The van der Waals surface area contributed by atoms with Gasteiger partial charge >= 0.3 is 6.18 Å². The van der Waals surface area contributed by atoms with E-state index in [1.165, 1.54) is 12.1 Å². The lowest BCUT2D eigenvalue weighted by Crippen LogP contribution is -2.54. The summed E-state index contributed by atoms with van der Waals surface area (Å²) in [6.45, 7) is 4.24. The number of likely N-dealkylation sites (N-methyl/N-ethyl adjacent to an activating group) is 1. The highest BCUT2D eigenvalue weighted by molar-refractivity contribution is 5.91. The Balaban J connectivity index is 1.58. The first-order chi connectivity index (χ1) is 17.5. The smallest absolute Gasteiger partial charge is 0.344 e. The summed E-state index contributed by atoms with van der Waals surface area (Å²) in [4.78, 5) is 41.4. The Bertz CT molecular complexity index is 956. The first-order valence-corrected chi connectivity index (χ1v) is 12.9. The Labute approximate surface area is 214 Å². The van der Waals surface area contributed by atoms with Gasteiger partial charge in [-0.25, -0.2) is 4.39 Å². The minimum absolute atomic E-state index is 0.00703. The number of nitrogens with one attached hydrogen (secondary N) is 2. The molecule has 0 bridgehead atoms. The molecule has 1 aliphatic carbocycles. The third kappa shape index (κ3) is 8.41. The topological polar surface area (TPSA) is 81.8 Å². The number of piperazine rings is 1. The molecule has 0 radical (unpaired) electrons. The van der Waals surface area contributed by atoms with Gasteiger partial charge in [0.05, 0.1) is 11.6 Å². The second-order valence-corrected chi connectivity index (χ2v) is 10.1. The van der Waals surface area contributed by atoms with Crippen molar-refractivity contribution in [2.75, 3.05) is 38.5 Å². The first kappa shape index (κ1) is 28.9. The van der Waals surface area contributed by atoms with Gasteiger partial charge in [0.25, 0.3) is 0 Å². The summed E-state index contributed by atoms with van der Waals surface area (Å²) >= 11 is 0. The quantitative estimate of drug-likeness (QED) is 0.504. The van der Waals surface area contributed by atoms with Crippen molar-refractivity contribution in [1.82, 2.24) is 15.1 Å². The number of hydrogen-bond acceptors (Lipinski definition) is 4. The molecule has 2 fully saturated rings. The molecule has 1 saturated carbocycles. The molecule has 1 aromatic carbocycles. The van der Waals surface area contributed by atoms with E-state index in [0.717, 1.165) is 13.1 Å². The van der Waals surface area contributed by atoms with E-state index in [2.05, 4.69) is 15.5 Å². The van der Waals surface area contributed by atoms with Gasteiger partial charge < -0.3 is 20.4 Å². The third-order valence-corrected chi connectivity index (χ3v) is 7.30. The van der Waals surface area contributed by atoms with E-state index in [0.29, 0.717) is 31.5 Å². The van der Waals surface area contributed by atoms with Gasteiger partial charge in [0.2, 0.25) is 17.7 Å². The number of carbonyl (C=O) groups is 3. The predicted octanol–water partition coefficient (Wildman–Crippen LogP) is 3.73. The SMILES string of the molecule is CCC(=O)N[C@H](Cc1ccc(NC(=O)C[C@H]2CC[C@H](C(F)(F)F)CC2)c(F)c1)C(=O)N1CCN(C)CC1. The Morgan fingerprint density at radius 2 is 1.68 bits per heavy atom. The van der Waals surface area contributed by atoms with Crippen molar-refractivity contribution in [3.8, 4) is 0 Å². The fraction of sp³-hybridized carbons (Fsp3) is 0.654. The molecule has 1 saturated heterocycles. The second-order valence-electron chi connectivity index (χ2n) is 10.1. The van der Waals surface area contributed by atoms with Crippen molar-refractivity contribution in [3.05, 3.63) is 29.6 Å². The number of rotatable bonds is 8. The van der Waals surface area contributed by atoms with E-state index in [1.54, 1.807) is 17.9 Å². The van der Waals surface area contributed by atoms with Gasteiger partial charge in [0.1, 0.15) is 11.9 Å². The number of carbonyl (C=O) groups excluding carboxylic acids is 3. The van der Waals surface area contributed by atoms with Crippen molar-refractivity contribution < 1.29 is 31.9 Å². The molecule has 3 amide bonds. The van der Waals surface area contributed by atoms with E-state index < -0.39 is 29.9 Å². The minimum atomic E-state index is -4.20. The average Bonchev–Trinajstić information content (AvgIpc) is 2.85. The zero-order chi connectivity index (χ0) is 27.2. The number of anilines is 1. The molecule has 3 rings (SSSR count). The fourth-order valence-corrected chi connectivity index (χ4v) is 4.92. The highest BCUT2D eigenvalue weighted by Gasteiger charge is 2.41. The highest BCUT2D eigenvalue weighted by atomic mass is 19.4. The van der Waals surface area contributed by atoms with Crippen LogP contribution in [0.15, 0.2) is 18.2 Å². The summed E-state index contributed by atoms with van der Waals surface area (Å²) in [5.74, 6) is -3.09. The molecular formula is C26H36F4N4O3. The molecule has 0 unspecified atom stereocenters. The number of amides is 3. The van der Waals surface area contributed by atoms with Crippen molar-refractivity contribution in [1.29, 1.82) is 0 Å². The Morgan fingerprint density at radius 1 is 1.03 bits per heavy atom. The zero-order valence-electron chi connectivity index (χ0n) is 21.4. The summed E-state index contributed by atoms with van der Waals surface area (Å²) in [5, 5.41) is 5.25. The molecule has 0 aromatic heterocycles. The largest absolute Gasteiger partial charge is 0.391 e. The maximum atomic E-state index is 14.8. The van der Waals surface area contributed by atoms with Crippen LogP contribution in [0.25, 0.3) is 0 Å². The van der Waals surface area contributed by atoms with Crippen LogP contribution in [0, 0.1) is 17.7 Å². The molecule has 2 N–H and O–H groups in total. The van der Waals surface area contributed by atoms with Gasteiger partial charge in [0.15, 0.2) is 0 Å². The van der Waals surface area contributed by atoms with Crippen molar-refractivity contribution in [2.24, 2.45) is 11.8 Å². The molecule has 1 aromatic rings. The summed E-state index contributed by atoms with van der Waals surface area (Å²) in [5.41, 5.74) is 0.460. The number of hydrogen-bond donors (Lipinski definition) is 2. The van der Waals surface area contributed by atoms with Gasteiger partial charge in [-0.2, -0.15) is 13.2 Å². The lowest BCUT2D eigenvalue weighted by atomic mass is 9.80. The normalized spacial score (nSPS) is 21.8. The van der Waals surface area contributed by atoms with Gasteiger partial charge in [-0.3, -0.25) is 14.4 Å². The third-order valence-electron chi connectivity index (χ3n) is 7.30. The van der Waals surface area contributed by atoms with Crippen LogP contribution in [0.3, 0.4) is 0 Å². The zero-order valence-corrected chi connectivity index (χ0v) is 21.4. The highest BCUT2D eigenvalue weighted by Crippen LogP contribution is 2.40. The first-order valence-electron chi connectivity index (χ1n) is 12.9. The maximum Gasteiger partial charge on any atom is 0.391 e. The van der Waals surface area contributed by atoms with E-state index in [-0.39, 0.29) is 55.5 Å². The number of nitrogens with zero attached hydrogens (tertiary/aromatic N) is 2. The molecule has 11 heteroatoms. The summed E-state index contributed by atoms with van der Waals surface area (Å²) in [6.07, 6.45) is -3.22. The summed E-state index contributed by atoms with van der Waals surface area (Å²) in [7, 11) is 1.97. The van der Waals surface area contributed by atoms with Crippen LogP contribution >= 0.6 is 0 Å². The summed E-state index contributed by atoms with van der Waals surface area (Å²) < 4.78 is 53.4. The predicted molar refractivity (Wildman–Crippen MR) is 131 cm³/mol. The van der Waals surface area contributed by atoms with Crippen LogP contribution in [0.2, 0.25) is 0 Å². The molecule has 7 nitrogen and oxygen atoms in total. The second kappa shape index (κ2) is 12.7. The Morgan fingerprint density at radius 3 is 2.24 bits per heavy atom. The van der Waals surface area contributed by atoms with Gasteiger partial charge in [-0.05, 0) is 56.3 Å². The van der Waals surface area contributed by atoms with Gasteiger partial charge in [-0.15, -0.1) is 0 Å². The van der Waals surface area contributed by atoms with Crippen molar-refractivity contribution in [2.45, 2.75) is 64.1 Å². The van der Waals surface area contributed by atoms with Crippen LogP contribution in [-0.4, -0.2) is 73.0 Å². The Kier molecular flexibility index (Phi) is 9.92. The van der Waals surface area contributed by atoms with Crippen molar-refractivity contribution in [3.63, 3.8) is 0 Å². The van der Waals surface area contributed by atoms with Crippen LogP contribution in [0.5, 0.6) is 0 Å². The molecular weight excluding hydrogens is 492 g/mol. The number of halogens is 4. The van der Waals surface area contributed by atoms with Crippen LogP contribution in [0.1, 0.15) is 51.0 Å². The molecule has 37 heavy (non-hydrogen) atoms. The van der Waals surface area contributed by atoms with Gasteiger partial charge in [-0.1, -0.05) is 13.0 Å². The number of alkyl halides is 3. The molecule has 1 atom stereocenters. The molecule has 206 valence electrons. The minimum Gasteiger partial charge on any atom is -0.344 e. The Hall–Kier alpha value is -2.69. The van der Waals surface area contributed by atoms with Crippen LogP contribution in [-0.2, 0) is 20.8 Å². The molecule has 1 aliphatic heterocycles. The molecule has 0 spiro atoms. The van der Waals surface area contributed by atoms with Crippen LogP contribution in [0.4, 0.5) is 23.2 Å². The fourth-order valence-electron chi connectivity index (χ4n) is 4.92.